The van der Waals surface area contributed by atoms with Crippen molar-refractivity contribution in [3.8, 4) is 0 Å². The first-order chi connectivity index (χ1) is 10.2. The van der Waals surface area contributed by atoms with Gasteiger partial charge in [-0.2, -0.15) is 0 Å². The van der Waals surface area contributed by atoms with Gasteiger partial charge in [-0.05, 0) is 56.6 Å². The minimum absolute atomic E-state index is 0.256. The number of hydrogen-bond acceptors (Lipinski definition) is 3. The Hall–Kier alpha value is -1.45. The molecule has 4 heteroatoms. The SMILES string of the molecule is CNC(C)c1ccc(N(Cc2ccco2)C2CC2)cc1Cl. The van der Waals surface area contributed by atoms with Crippen LogP contribution >= 0.6 is 11.6 Å². The molecule has 21 heavy (non-hydrogen) atoms. The molecule has 1 aromatic heterocycles. The van der Waals surface area contributed by atoms with Crippen LogP contribution in [0, 0.1) is 0 Å². The van der Waals surface area contributed by atoms with Crippen molar-refractivity contribution in [1.82, 2.24) is 5.32 Å². The summed E-state index contributed by atoms with van der Waals surface area (Å²) in [4.78, 5) is 2.39. The molecule has 1 heterocycles. The van der Waals surface area contributed by atoms with E-state index in [0.29, 0.717) is 6.04 Å². The van der Waals surface area contributed by atoms with Crippen molar-refractivity contribution in [2.75, 3.05) is 11.9 Å². The lowest BCUT2D eigenvalue weighted by molar-refractivity contribution is 0.501. The average molecular weight is 305 g/mol. The molecule has 0 radical (unpaired) electrons. The number of rotatable bonds is 6. The van der Waals surface area contributed by atoms with E-state index in [1.54, 1.807) is 6.26 Å². The van der Waals surface area contributed by atoms with E-state index < -0.39 is 0 Å². The lowest BCUT2D eigenvalue weighted by Crippen LogP contribution is -2.25. The van der Waals surface area contributed by atoms with Gasteiger partial charge >= 0.3 is 0 Å². The van der Waals surface area contributed by atoms with Gasteiger partial charge in [0.05, 0.1) is 12.8 Å². The first-order valence-corrected chi connectivity index (χ1v) is 7.82. The fraction of sp³-hybridized carbons (Fsp3) is 0.412. The predicted molar refractivity (Wildman–Crippen MR) is 86.8 cm³/mol. The van der Waals surface area contributed by atoms with E-state index in [-0.39, 0.29) is 6.04 Å². The second-order valence-electron chi connectivity index (χ2n) is 5.65. The minimum Gasteiger partial charge on any atom is -0.467 e. The number of nitrogens with zero attached hydrogens (tertiary/aromatic N) is 1. The van der Waals surface area contributed by atoms with Crippen LogP contribution in [-0.4, -0.2) is 13.1 Å². The zero-order chi connectivity index (χ0) is 14.8. The molecule has 1 unspecified atom stereocenters. The average Bonchev–Trinajstić information content (AvgIpc) is 3.20. The lowest BCUT2D eigenvalue weighted by Gasteiger charge is -2.25. The smallest absolute Gasteiger partial charge is 0.123 e. The van der Waals surface area contributed by atoms with Gasteiger partial charge in [-0.25, -0.2) is 0 Å². The number of benzene rings is 1. The summed E-state index contributed by atoms with van der Waals surface area (Å²) in [6.45, 7) is 2.91. The van der Waals surface area contributed by atoms with Gasteiger partial charge < -0.3 is 14.6 Å². The summed E-state index contributed by atoms with van der Waals surface area (Å²) < 4.78 is 5.49. The van der Waals surface area contributed by atoms with E-state index in [1.807, 2.05) is 19.2 Å². The van der Waals surface area contributed by atoms with E-state index >= 15 is 0 Å². The van der Waals surface area contributed by atoms with Crippen LogP contribution in [0.15, 0.2) is 41.0 Å². The third-order valence-electron chi connectivity index (χ3n) is 4.11. The Bertz CT molecular complexity index is 593. The summed E-state index contributed by atoms with van der Waals surface area (Å²) >= 11 is 6.46. The maximum Gasteiger partial charge on any atom is 0.123 e. The molecule has 0 amide bonds. The molecule has 3 rings (SSSR count). The van der Waals surface area contributed by atoms with Gasteiger partial charge in [0.1, 0.15) is 5.76 Å². The van der Waals surface area contributed by atoms with Gasteiger partial charge in [-0.15, -0.1) is 0 Å². The standard InChI is InChI=1S/C17H21ClN2O/c1-12(19-2)16-8-7-14(10-17(16)18)20(13-5-6-13)11-15-4-3-9-21-15/h3-4,7-10,12-13,19H,5-6,11H2,1-2H3. The zero-order valence-electron chi connectivity index (χ0n) is 12.5. The lowest BCUT2D eigenvalue weighted by atomic mass is 10.1. The summed E-state index contributed by atoms with van der Waals surface area (Å²) in [5, 5.41) is 4.05. The molecule has 1 aliphatic carbocycles. The van der Waals surface area contributed by atoms with Crippen molar-refractivity contribution >= 4 is 17.3 Å². The Morgan fingerprint density at radius 1 is 1.38 bits per heavy atom. The summed E-state index contributed by atoms with van der Waals surface area (Å²) in [7, 11) is 1.95. The molecule has 0 saturated heterocycles. The zero-order valence-corrected chi connectivity index (χ0v) is 13.2. The number of furan rings is 1. The van der Waals surface area contributed by atoms with Crippen LogP contribution in [0.25, 0.3) is 0 Å². The molecule has 0 aliphatic heterocycles. The number of anilines is 1. The van der Waals surface area contributed by atoms with Crippen LogP contribution in [0.4, 0.5) is 5.69 Å². The second-order valence-corrected chi connectivity index (χ2v) is 6.06. The highest BCUT2D eigenvalue weighted by atomic mass is 35.5. The Kier molecular flexibility index (Phi) is 4.22. The van der Waals surface area contributed by atoms with Gasteiger partial charge in [0.25, 0.3) is 0 Å². The number of halogens is 1. The van der Waals surface area contributed by atoms with Crippen LogP contribution in [0.5, 0.6) is 0 Å². The van der Waals surface area contributed by atoms with Gasteiger partial charge in [-0.1, -0.05) is 17.7 Å². The minimum atomic E-state index is 0.256. The monoisotopic (exact) mass is 304 g/mol. The summed E-state index contributed by atoms with van der Waals surface area (Å²) in [5.41, 5.74) is 2.31. The van der Waals surface area contributed by atoms with Crippen molar-refractivity contribution in [3.05, 3.63) is 52.9 Å². The summed E-state index contributed by atoms with van der Waals surface area (Å²) in [6, 6.07) is 11.2. The maximum atomic E-state index is 6.46. The number of nitrogens with one attached hydrogen (secondary N) is 1. The van der Waals surface area contributed by atoms with Gasteiger partial charge in [-0.3, -0.25) is 0 Å². The maximum absolute atomic E-state index is 6.46. The van der Waals surface area contributed by atoms with E-state index in [9.17, 15) is 0 Å². The Morgan fingerprint density at radius 3 is 2.76 bits per heavy atom. The third kappa shape index (κ3) is 3.25. The van der Waals surface area contributed by atoms with Crippen molar-refractivity contribution in [2.45, 2.75) is 38.4 Å². The van der Waals surface area contributed by atoms with Crippen molar-refractivity contribution in [3.63, 3.8) is 0 Å². The van der Waals surface area contributed by atoms with E-state index in [1.165, 1.54) is 18.5 Å². The molecule has 1 N–H and O–H groups in total. The highest BCUT2D eigenvalue weighted by Gasteiger charge is 2.30. The molecule has 112 valence electrons. The van der Waals surface area contributed by atoms with Gasteiger partial charge in [0.2, 0.25) is 0 Å². The first-order valence-electron chi connectivity index (χ1n) is 7.44. The molecule has 0 spiro atoms. The molecule has 1 fully saturated rings. The van der Waals surface area contributed by atoms with Crippen LogP contribution in [0.3, 0.4) is 0 Å². The molecule has 1 atom stereocenters. The van der Waals surface area contributed by atoms with E-state index in [0.717, 1.165) is 22.9 Å². The predicted octanol–water partition coefficient (Wildman–Crippen LogP) is 4.38. The number of hydrogen-bond donors (Lipinski definition) is 1. The van der Waals surface area contributed by atoms with Crippen LogP contribution in [0.1, 0.15) is 37.1 Å². The Morgan fingerprint density at radius 2 is 2.19 bits per heavy atom. The Balaban J connectivity index is 1.84. The topological polar surface area (TPSA) is 28.4 Å². The summed E-state index contributed by atoms with van der Waals surface area (Å²) in [6.07, 6.45) is 4.21. The van der Waals surface area contributed by atoms with Crippen LogP contribution in [-0.2, 0) is 6.54 Å². The fourth-order valence-electron chi connectivity index (χ4n) is 2.59. The van der Waals surface area contributed by atoms with Crippen molar-refractivity contribution in [2.24, 2.45) is 0 Å². The highest BCUT2D eigenvalue weighted by Crippen LogP contribution is 2.36. The largest absolute Gasteiger partial charge is 0.467 e. The molecular weight excluding hydrogens is 284 g/mol. The molecule has 1 aromatic carbocycles. The quantitative estimate of drug-likeness (QED) is 0.858. The molecule has 1 aliphatic rings. The molecule has 1 saturated carbocycles. The van der Waals surface area contributed by atoms with E-state index in [4.69, 9.17) is 16.0 Å². The molecule has 0 bridgehead atoms. The Labute approximate surface area is 130 Å². The van der Waals surface area contributed by atoms with E-state index in [2.05, 4.69) is 35.3 Å². The highest BCUT2D eigenvalue weighted by molar-refractivity contribution is 6.31. The van der Waals surface area contributed by atoms with Crippen molar-refractivity contribution in [1.29, 1.82) is 0 Å². The third-order valence-corrected chi connectivity index (χ3v) is 4.44. The molecular formula is C17H21ClN2O. The fourth-order valence-corrected chi connectivity index (χ4v) is 2.93. The first kappa shape index (κ1) is 14.5. The molecule has 2 aromatic rings. The van der Waals surface area contributed by atoms with Crippen molar-refractivity contribution < 1.29 is 4.42 Å². The van der Waals surface area contributed by atoms with Gasteiger partial charge in [0.15, 0.2) is 0 Å². The van der Waals surface area contributed by atoms with Gasteiger partial charge in [0, 0.05) is 22.8 Å². The van der Waals surface area contributed by atoms with Crippen LogP contribution in [0.2, 0.25) is 5.02 Å². The normalized spacial score (nSPS) is 16.0. The second kappa shape index (κ2) is 6.12. The van der Waals surface area contributed by atoms with Crippen LogP contribution < -0.4 is 10.2 Å². The molecule has 3 nitrogen and oxygen atoms in total. The summed E-state index contributed by atoms with van der Waals surface area (Å²) in [5.74, 6) is 0.991.